The topological polar surface area (TPSA) is 35.2 Å². The highest BCUT2D eigenvalue weighted by Crippen LogP contribution is 2.35. The highest BCUT2D eigenvalue weighted by molar-refractivity contribution is 6.09. The zero-order chi connectivity index (χ0) is 26.7. The Morgan fingerprint density at radius 2 is 1.85 bits per heavy atom. The van der Waals surface area contributed by atoms with Gasteiger partial charge in [-0.15, -0.1) is 0 Å². The largest absolute Gasteiger partial charge is 0.449 e. The van der Waals surface area contributed by atoms with E-state index >= 15 is 0 Å². The lowest BCUT2D eigenvalue weighted by Crippen LogP contribution is -2.22. The third-order valence-electron chi connectivity index (χ3n) is 8.05. The van der Waals surface area contributed by atoms with Crippen LogP contribution in [0.25, 0.3) is 38.7 Å². The van der Waals surface area contributed by atoms with Crippen LogP contribution < -0.4 is 4.74 Å². The highest BCUT2D eigenvalue weighted by Gasteiger charge is 2.23. The molecule has 2 atom stereocenters. The van der Waals surface area contributed by atoms with E-state index in [4.69, 9.17) is 9.72 Å². The molecular formula is C34H30N4O. The van der Waals surface area contributed by atoms with Gasteiger partial charge in [0.2, 0.25) is 0 Å². The van der Waals surface area contributed by atoms with Crippen LogP contribution in [0.15, 0.2) is 91.0 Å². The zero-order valence-electron chi connectivity index (χ0n) is 22.6. The first-order valence-electron chi connectivity index (χ1n) is 13.4. The number of allylic oxidation sites excluding steroid dienone is 5. The third kappa shape index (κ3) is 3.83. The Bertz CT molecular complexity index is 1880. The van der Waals surface area contributed by atoms with Gasteiger partial charge < -0.3 is 14.2 Å². The van der Waals surface area contributed by atoms with Gasteiger partial charge in [0, 0.05) is 25.0 Å². The Hall–Kier alpha value is -4.69. The van der Waals surface area contributed by atoms with Crippen LogP contribution >= 0.6 is 0 Å². The molecule has 1 aliphatic carbocycles. The SMILES string of the molecule is Cc1cc2ncn(C3C=C(Oc4c#cc5c6ccccc6n(C6=CC=CCN6C)c5c4)C=CC3C)c2cc1C. The molecule has 5 heteroatoms. The first-order valence-corrected chi connectivity index (χ1v) is 13.4. The number of aromatic nitrogens is 3. The van der Waals surface area contributed by atoms with Crippen LogP contribution in [0.5, 0.6) is 5.75 Å². The number of benzene rings is 2. The van der Waals surface area contributed by atoms with Crippen molar-refractivity contribution in [3.8, 4) is 5.75 Å². The minimum atomic E-state index is 0.101. The van der Waals surface area contributed by atoms with Crippen molar-refractivity contribution in [2.75, 3.05) is 13.6 Å². The number of rotatable bonds is 4. The Morgan fingerprint density at radius 3 is 2.72 bits per heavy atom. The predicted molar refractivity (Wildman–Crippen MR) is 158 cm³/mol. The summed E-state index contributed by atoms with van der Waals surface area (Å²) in [6, 6.07) is 21.7. The first-order chi connectivity index (χ1) is 19.0. The minimum Gasteiger partial charge on any atom is -0.449 e. The summed E-state index contributed by atoms with van der Waals surface area (Å²) in [6.45, 7) is 7.38. The molecule has 1 aliphatic heterocycles. The Kier molecular flexibility index (Phi) is 5.38. The van der Waals surface area contributed by atoms with Gasteiger partial charge in [-0.3, -0.25) is 4.57 Å². The van der Waals surface area contributed by atoms with Gasteiger partial charge in [0.15, 0.2) is 5.75 Å². The fraction of sp³-hybridized carbons (Fsp3) is 0.206. The Morgan fingerprint density at radius 1 is 1.00 bits per heavy atom. The molecule has 3 aromatic carbocycles. The van der Waals surface area contributed by atoms with Crippen molar-refractivity contribution < 1.29 is 4.74 Å². The average Bonchev–Trinajstić information content (AvgIpc) is 3.48. The normalized spacial score (nSPS) is 19.0. The van der Waals surface area contributed by atoms with Crippen LogP contribution in [-0.4, -0.2) is 32.6 Å². The molecule has 0 amide bonds. The van der Waals surface area contributed by atoms with Crippen molar-refractivity contribution >= 4 is 38.7 Å². The summed E-state index contributed by atoms with van der Waals surface area (Å²) in [4.78, 5) is 6.95. The molecule has 5 nitrogen and oxygen atoms in total. The molecule has 5 aromatic rings. The van der Waals surface area contributed by atoms with Crippen LogP contribution in [0, 0.1) is 31.9 Å². The van der Waals surface area contributed by atoms with Crippen molar-refractivity contribution in [1.29, 1.82) is 0 Å². The van der Waals surface area contributed by atoms with E-state index in [1.165, 1.54) is 11.1 Å². The van der Waals surface area contributed by atoms with Gasteiger partial charge in [-0.2, -0.15) is 0 Å². The van der Waals surface area contributed by atoms with Crippen LogP contribution in [0.1, 0.15) is 24.1 Å². The maximum Gasteiger partial charge on any atom is 0.179 e. The van der Waals surface area contributed by atoms with E-state index < -0.39 is 0 Å². The molecule has 2 aliphatic rings. The quantitative estimate of drug-likeness (QED) is 0.253. The second kappa shape index (κ2) is 8.96. The van der Waals surface area contributed by atoms with E-state index in [0.29, 0.717) is 11.7 Å². The predicted octanol–water partition coefficient (Wildman–Crippen LogP) is 7.37. The van der Waals surface area contributed by atoms with Gasteiger partial charge in [0.05, 0.1) is 39.8 Å². The Labute approximate surface area is 228 Å². The molecule has 0 N–H and O–H groups in total. The number of aryl methyl sites for hydroxylation is 2. The average molecular weight is 511 g/mol. The molecule has 3 heterocycles. The second-order valence-electron chi connectivity index (χ2n) is 10.7. The first kappa shape index (κ1) is 23.4. The molecule has 0 spiro atoms. The van der Waals surface area contributed by atoms with Gasteiger partial charge in [-0.1, -0.05) is 49.4 Å². The van der Waals surface area contributed by atoms with Crippen molar-refractivity contribution in [3.05, 3.63) is 114 Å². The Balaban J connectivity index is 1.29. The second-order valence-corrected chi connectivity index (χ2v) is 10.7. The molecule has 0 saturated carbocycles. The number of hydrogen-bond donors (Lipinski definition) is 0. The van der Waals surface area contributed by atoms with Gasteiger partial charge in [0.25, 0.3) is 0 Å². The van der Waals surface area contributed by atoms with E-state index in [2.05, 4.69) is 133 Å². The number of ether oxygens (including phenoxy) is 1. The fourth-order valence-corrected chi connectivity index (χ4v) is 5.74. The summed E-state index contributed by atoms with van der Waals surface area (Å²) < 4.78 is 11.0. The summed E-state index contributed by atoms with van der Waals surface area (Å²) in [5.74, 6) is 2.87. The van der Waals surface area contributed by atoms with E-state index in [0.717, 1.165) is 51.0 Å². The summed E-state index contributed by atoms with van der Waals surface area (Å²) >= 11 is 0. The van der Waals surface area contributed by atoms with Gasteiger partial charge >= 0.3 is 0 Å². The maximum atomic E-state index is 6.45. The number of likely N-dealkylation sites (N-methyl/N-ethyl adjacent to an activating group) is 1. The summed E-state index contributed by atoms with van der Waals surface area (Å²) in [6.07, 6.45) is 14.8. The van der Waals surface area contributed by atoms with Crippen molar-refractivity contribution in [1.82, 2.24) is 19.0 Å². The van der Waals surface area contributed by atoms with Crippen molar-refractivity contribution in [2.24, 2.45) is 5.92 Å². The standard InChI is InChI=1S/C34H30N4O/c1-22-12-13-25(19-31(22)37-21-35-29-17-23(2)24(3)18-33(29)37)39-26-14-15-28-27-9-5-6-10-30(27)38(32(28)20-26)34-11-7-8-16-36(34)4/h5-13,17-22,31H,16H2,1-4H3. The third-order valence-corrected chi connectivity index (χ3v) is 8.05. The van der Waals surface area contributed by atoms with E-state index in [9.17, 15) is 0 Å². The smallest absolute Gasteiger partial charge is 0.179 e. The van der Waals surface area contributed by atoms with Crippen molar-refractivity contribution in [3.63, 3.8) is 0 Å². The van der Waals surface area contributed by atoms with E-state index in [1.807, 2.05) is 6.33 Å². The highest BCUT2D eigenvalue weighted by atomic mass is 16.5. The number of hydrogen-bond acceptors (Lipinski definition) is 3. The molecule has 0 bridgehead atoms. The van der Waals surface area contributed by atoms with E-state index in [-0.39, 0.29) is 6.04 Å². The summed E-state index contributed by atoms with van der Waals surface area (Å²) in [7, 11) is 2.12. The van der Waals surface area contributed by atoms with Crippen LogP contribution in [0.4, 0.5) is 0 Å². The van der Waals surface area contributed by atoms with Gasteiger partial charge in [-0.25, -0.2) is 4.98 Å². The molecule has 0 fully saturated rings. The van der Waals surface area contributed by atoms with Gasteiger partial charge in [-0.05, 0) is 73.4 Å². The van der Waals surface area contributed by atoms with Crippen LogP contribution in [0.3, 0.4) is 0 Å². The molecule has 0 saturated heterocycles. The molecule has 2 unspecified atom stereocenters. The fourth-order valence-electron chi connectivity index (χ4n) is 5.74. The molecular weight excluding hydrogens is 480 g/mol. The molecule has 2 aromatic heterocycles. The minimum absolute atomic E-state index is 0.101. The van der Waals surface area contributed by atoms with Gasteiger partial charge in [0.1, 0.15) is 11.6 Å². The summed E-state index contributed by atoms with van der Waals surface area (Å²) in [5, 5.41) is 2.19. The molecule has 192 valence electrons. The number of nitrogens with zero attached hydrogens (tertiary/aromatic N) is 4. The molecule has 0 radical (unpaired) electrons. The zero-order valence-corrected chi connectivity index (χ0v) is 22.6. The van der Waals surface area contributed by atoms with Crippen molar-refractivity contribution in [2.45, 2.75) is 26.8 Å². The lowest BCUT2D eigenvalue weighted by molar-refractivity contribution is 0.409. The molecule has 39 heavy (non-hydrogen) atoms. The van der Waals surface area contributed by atoms with E-state index in [1.54, 1.807) is 0 Å². The number of imidazole rings is 1. The maximum absolute atomic E-state index is 6.45. The lowest BCUT2D eigenvalue weighted by Gasteiger charge is -2.26. The number of para-hydroxylation sites is 1. The monoisotopic (exact) mass is 510 g/mol. The van der Waals surface area contributed by atoms with Crippen LogP contribution in [-0.2, 0) is 0 Å². The molecule has 7 rings (SSSR count). The number of fused-ring (bicyclic) bond motifs is 4. The van der Waals surface area contributed by atoms with Crippen LogP contribution in [0.2, 0.25) is 0 Å². The summed E-state index contributed by atoms with van der Waals surface area (Å²) in [5.41, 5.74) is 6.89. The lowest BCUT2D eigenvalue weighted by atomic mass is 9.95.